The van der Waals surface area contributed by atoms with Crippen LogP contribution in [0.3, 0.4) is 0 Å². The van der Waals surface area contributed by atoms with E-state index >= 15 is 0 Å². The van der Waals surface area contributed by atoms with Crippen molar-refractivity contribution in [3.05, 3.63) is 24.0 Å². The Balaban J connectivity index is 1.77. The molecule has 0 spiro atoms. The fraction of sp³-hybridized carbons (Fsp3) is 0.588. The van der Waals surface area contributed by atoms with E-state index < -0.39 is 0 Å². The number of nitrogens with one attached hydrogen (secondary N) is 1. The van der Waals surface area contributed by atoms with Gasteiger partial charge in [0.2, 0.25) is 5.91 Å². The van der Waals surface area contributed by atoms with Crippen LogP contribution in [-0.2, 0) is 11.2 Å². The van der Waals surface area contributed by atoms with Gasteiger partial charge in [-0.05, 0) is 25.7 Å². The third-order valence-electron chi connectivity index (χ3n) is 4.51. The van der Waals surface area contributed by atoms with E-state index in [-0.39, 0.29) is 18.4 Å². The average Bonchev–Trinajstić information content (AvgIpc) is 3.09. The van der Waals surface area contributed by atoms with Crippen LogP contribution in [0.4, 0.5) is 5.82 Å². The predicted molar refractivity (Wildman–Crippen MR) is 92.0 cm³/mol. The maximum atomic E-state index is 12.3. The van der Waals surface area contributed by atoms with Gasteiger partial charge in [-0.3, -0.25) is 4.79 Å². The fourth-order valence-corrected chi connectivity index (χ4v) is 3.19. The first kappa shape index (κ1) is 16.7. The third kappa shape index (κ3) is 3.51. The zero-order chi connectivity index (χ0) is 16.9. The van der Waals surface area contributed by atoms with Crippen molar-refractivity contribution in [1.82, 2.24) is 19.9 Å². The molecule has 1 aliphatic heterocycles. The van der Waals surface area contributed by atoms with Gasteiger partial charge >= 0.3 is 0 Å². The number of fused-ring (bicyclic) bond motifs is 1. The highest BCUT2D eigenvalue weighted by Crippen LogP contribution is 2.24. The van der Waals surface area contributed by atoms with Crippen LogP contribution < -0.4 is 10.2 Å². The molecule has 0 unspecified atom stereocenters. The highest BCUT2D eigenvalue weighted by molar-refractivity contribution is 5.79. The van der Waals surface area contributed by atoms with E-state index in [1.165, 1.54) is 0 Å². The maximum absolute atomic E-state index is 12.3. The summed E-state index contributed by atoms with van der Waals surface area (Å²) in [7, 11) is 0. The molecule has 130 valence electrons. The van der Waals surface area contributed by atoms with Crippen LogP contribution in [0.15, 0.2) is 18.3 Å². The number of aliphatic hydroxyl groups is 1. The number of piperidine rings is 1. The van der Waals surface area contributed by atoms with Crippen LogP contribution in [0, 0.1) is 5.92 Å². The van der Waals surface area contributed by atoms with Crippen molar-refractivity contribution in [1.29, 1.82) is 0 Å². The minimum atomic E-state index is -0.0266. The molecule has 2 aromatic rings. The molecule has 1 atom stereocenters. The monoisotopic (exact) mass is 331 g/mol. The maximum Gasteiger partial charge on any atom is 0.224 e. The Morgan fingerprint density at radius 1 is 1.50 bits per heavy atom. The van der Waals surface area contributed by atoms with Gasteiger partial charge in [0.25, 0.3) is 0 Å². The lowest BCUT2D eigenvalue weighted by atomic mass is 9.97. The number of rotatable bonds is 6. The molecular formula is C17H25N5O2. The lowest BCUT2D eigenvalue weighted by Gasteiger charge is -2.33. The quantitative estimate of drug-likeness (QED) is 0.772. The standard InChI is InChI=1S/C17H25N5O2/c1-2-14-11-16(22-15(20-14)6-8-19-22)21-9-3-5-13(12-21)17(24)18-7-4-10-23/h6,8,11,13,23H,2-5,7,9-10,12H2,1H3,(H,18,24)/t13-/m0/s1. The Morgan fingerprint density at radius 2 is 2.38 bits per heavy atom. The molecule has 3 rings (SSSR count). The first-order valence-electron chi connectivity index (χ1n) is 8.70. The van der Waals surface area contributed by atoms with Crippen molar-refractivity contribution < 1.29 is 9.90 Å². The third-order valence-corrected chi connectivity index (χ3v) is 4.51. The van der Waals surface area contributed by atoms with Crippen molar-refractivity contribution >= 4 is 17.4 Å². The summed E-state index contributed by atoms with van der Waals surface area (Å²) < 4.78 is 1.85. The Morgan fingerprint density at radius 3 is 3.17 bits per heavy atom. The van der Waals surface area contributed by atoms with E-state index in [2.05, 4.69) is 33.3 Å². The fourth-order valence-electron chi connectivity index (χ4n) is 3.19. The predicted octanol–water partition coefficient (Wildman–Crippen LogP) is 1.01. The topological polar surface area (TPSA) is 82.8 Å². The Kier molecular flexibility index (Phi) is 5.30. The number of nitrogens with zero attached hydrogens (tertiary/aromatic N) is 4. The van der Waals surface area contributed by atoms with Crippen LogP contribution in [0.1, 0.15) is 31.9 Å². The van der Waals surface area contributed by atoms with Gasteiger partial charge < -0.3 is 15.3 Å². The molecule has 2 N–H and O–H groups in total. The van der Waals surface area contributed by atoms with Gasteiger partial charge in [0.1, 0.15) is 5.82 Å². The summed E-state index contributed by atoms with van der Waals surface area (Å²) >= 11 is 0. The molecule has 0 aliphatic carbocycles. The average molecular weight is 331 g/mol. The van der Waals surface area contributed by atoms with E-state index in [1.54, 1.807) is 6.20 Å². The number of aliphatic hydroxyl groups excluding tert-OH is 1. The van der Waals surface area contributed by atoms with E-state index in [0.29, 0.717) is 19.5 Å². The molecule has 7 heteroatoms. The van der Waals surface area contributed by atoms with Crippen molar-refractivity contribution in [3.63, 3.8) is 0 Å². The molecule has 0 saturated carbocycles. The number of carbonyl (C=O) groups excluding carboxylic acids is 1. The molecule has 7 nitrogen and oxygen atoms in total. The summed E-state index contributed by atoms with van der Waals surface area (Å²) in [4.78, 5) is 19.2. The van der Waals surface area contributed by atoms with Crippen LogP contribution in [0.2, 0.25) is 0 Å². The minimum Gasteiger partial charge on any atom is -0.396 e. The molecule has 1 saturated heterocycles. The summed E-state index contributed by atoms with van der Waals surface area (Å²) in [5.74, 6) is 1.06. The molecule has 24 heavy (non-hydrogen) atoms. The number of aromatic nitrogens is 3. The summed E-state index contributed by atoms with van der Waals surface area (Å²) in [6.45, 7) is 4.33. The molecule has 3 heterocycles. The van der Waals surface area contributed by atoms with E-state index in [0.717, 1.165) is 43.0 Å². The Bertz CT molecular complexity index is 699. The summed E-state index contributed by atoms with van der Waals surface area (Å²) in [5.41, 5.74) is 1.88. The SMILES string of the molecule is CCc1cc(N2CCC[C@H](C(=O)NCCCO)C2)n2nccc2n1. The number of hydrogen-bond donors (Lipinski definition) is 2. The Labute approximate surface area is 141 Å². The van der Waals surface area contributed by atoms with Gasteiger partial charge in [0.15, 0.2) is 5.65 Å². The highest BCUT2D eigenvalue weighted by Gasteiger charge is 2.27. The molecular weight excluding hydrogens is 306 g/mol. The zero-order valence-electron chi connectivity index (χ0n) is 14.1. The van der Waals surface area contributed by atoms with Crippen LogP contribution in [-0.4, -0.2) is 51.9 Å². The lowest BCUT2D eigenvalue weighted by Crippen LogP contribution is -2.44. The summed E-state index contributed by atoms with van der Waals surface area (Å²) in [5, 5.41) is 16.1. The first-order valence-corrected chi connectivity index (χ1v) is 8.70. The van der Waals surface area contributed by atoms with Crippen LogP contribution >= 0.6 is 0 Å². The lowest BCUT2D eigenvalue weighted by molar-refractivity contribution is -0.125. The summed E-state index contributed by atoms with van der Waals surface area (Å²) in [6, 6.07) is 3.98. The number of aryl methyl sites for hydroxylation is 1. The number of anilines is 1. The van der Waals surface area contributed by atoms with Crippen molar-refractivity contribution in [3.8, 4) is 0 Å². The molecule has 1 aliphatic rings. The van der Waals surface area contributed by atoms with Gasteiger partial charge in [0, 0.05) is 44.1 Å². The highest BCUT2D eigenvalue weighted by atomic mass is 16.3. The van der Waals surface area contributed by atoms with Gasteiger partial charge in [-0.25, -0.2) is 4.98 Å². The molecule has 0 aromatic carbocycles. The van der Waals surface area contributed by atoms with Gasteiger partial charge in [0.05, 0.1) is 12.1 Å². The normalized spacial score (nSPS) is 18.1. The zero-order valence-corrected chi connectivity index (χ0v) is 14.1. The van der Waals surface area contributed by atoms with E-state index in [1.807, 2.05) is 10.6 Å². The van der Waals surface area contributed by atoms with Gasteiger partial charge in [-0.15, -0.1) is 0 Å². The van der Waals surface area contributed by atoms with E-state index in [4.69, 9.17) is 5.11 Å². The van der Waals surface area contributed by atoms with Crippen LogP contribution in [0.25, 0.3) is 5.65 Å². The number of hydrogen-bond acceptors (Lipinski definition) is 5. The van der Waals surface area contributed by atoms with Crippen molar-refractivity contribution in [2.24, 2.45) is 5.92 Å². The first-order chi connectivity index (χ1) is 11.7. The molecule has 0 bridgehead atoms. The molecule has 1 amide bonds. The smallest absolute Gasteiger partial charge is 0.224 e. The molecule has 1 fully saturated rings. The second-order valence-corrected chi connectivity index (χ2v) is 6.21. The minimum absolute atomic E-state index is 0.0266. The van der Waals surface area contributed by atoms with Crippen LogP contribution in [0.5, 0.6) is 0 Å². The van der Waals surface area contributed by atoms with Gasteiger partial charge in [-0.1, -0.05) is 6.92 Å². The van der Waals surface area contributed by atoms with Crippen molar-refractivity contribution in [2.45, 2.75) is 32.6 Å². The molecule has 0 radical (unpaired) electrons. The number of amides is 1. The largest absolute Gasteiger partial charge is 0.396 e. The number of carbonyl (C=O) groups is 1. The van der Waals surface area contributed by atoms with Crippen molar-refractivity contribution in [2.75, 3.05) is 31.1 Å². The van der Waals surface area contributed by atoms with Gasteiger partial charge in [-0.2, -0.15) is 9.61 Å². The Hall–Kier alpha value is -2.15. The second kappa shape index (κ2) is 7.61. The molecule has 2 aromatic heterocycles. The summed E-state index contributed by atoms with van der Waals surface area (Å²) in [6.07, 6.45) is 5.10. The van der Waals surface area contributed by atoms with E-state index in [9.17, 15) is 4.79 Å². The second-order valence-electron chi connectivity index (χ2n) is 6.21.